The average molecular weight is 349 g/mol. The Bertz CT molecular complexity index is 407. The van der Waals surface area contributed by atoms with Crippen molar-refractivity contribution in [3.8, 4) is 0 Å². The Morgan fingerprint density at radius 2 is 2.19 bits per heavy atom. The highest BCUT2D eigenvalue weighted by Crippen LogP contribution is 2.26. The Labute approximate surface area is 111 Å². The van der Waals surface area contributed by atoms with Crippen LogP contribution in [0.1, 0.15) is 11.6 Å². The maximum atomic E-state index is 11.1. The molecule has 0 radical (unpaired) electrons. The summed E-state index contributed by atoms with van der Waals surface area (Å²) in [6.07, 6.45) is 1.63. The van der Waals surface area contributed by atoms with Gasteiger partial charge in [-0.05, 0) is 49.6 Å². The first-order chi connectivity index (χ1) is 7.56. The number of benzene rings is 1. The zero-order valence-electron chi connectivity index (χ0n) is 8.41. The summed E-state index contributed by atoms with van der Waals surface area (Å²) in [6, 6.07) is 4.63. The molecule has 0 aliphatic carbocycles. The SMILES string of the molecule is C=CCNC(C(=O)O)c1ccc(Br)c(Br)c1. The second kappa shape index (κ2) is 6.18. The van der Waals surface area contributed by atoms with E-state index in [-0.39, 0.29) is 0 Å². The van der Waals surface area contributed by atoms with E-state index < -0.39 is 12.0 Å². The van der Waals surface area contributed by atoms with E-state index in [0.717, 1.165) is 8.95 Å². The van der Waals surface area contributed by atoms with Gasteiger partial charge in [-0.1, -0.05) is 12.1 Å². The van der Waals surface area contributed by atoms with E-state index in [1.54, 1.807) is 18.2 Å². The molecule has 1 atom stereocenters. The van der Waals surface area contributed by atoms with Crippen LogP contribution in [0.4, 0.5) is 0 Å². The molecule has 3 nitrogen and oxygen atoms in total. The summed E-state index contributed by atoms with van der Waals surface area (Å²) in [5, 5.41) is 12.0. The summed E-state index contributed by atoms with van der Waals surface area (Å²) in [6.45, 7) is 3.99. The summed E-state index contributed by atoms with van der Waals surface area (Å²) in [5.41, 5.74) is 0.699. The van der Waals surface area contributed by atoms with Crippen molar-refractivity contribution in [2.24, 2.45) is 0 Å². The van der Waals surface area contributed by atoms with Crippen molar-refractivity contribution in [1.29, 1.82) is 0 Å². The molecule has 0 spiro atoms. The van der Waals surface area contributed by atoms with E-state index in [4.69, 9.17) is 5.11 Å². The average Bonchev–Trinajstić information content (AvgIpc) is 2.23. The van der Waals surface area contributed by atoms with Crippen LogP contribution in [-0.2, 0) is 4.79 Å². The van der Waals surface area contributed by atoms with E-state index >= 15 is 0 Å². The zero-order valence-corrected chi connectivity index (χ0v) is 11.6. The third-order valence-electron chi connectivity index (χ3n) is 1.99. The lowest BCUT2D eigenvalue weighted by Crippen LogP contribution is -2.28. The molecule has 0 aromatic heterocycles. The second-order valence-electron chi connectivity index (χ2n) is 3.14. The quantitative estimate of drug-likeness (QED) is 0.804. The molecule has 0 saturated heterocycles. The fourth-order valence-corrected chi connectivity index (χ4v) is 1.88. The topological polar surface area (TPSA) is 49.3 Å². The molecule has 1 aromatic rings. The van der Waals surface area contributed by atoms with E-state index in [0.29, 0.717) is 12.1 Å². The Hall–Kier alpha value is -0.650. The molecular weight excluding hydrogens is 338 g/mol. The number of halogens is 2. The van der Waals surface area contributed by atoms with Crippen LogP contribution in [0.3, 0.4) is 0 Å². The Morgan fingerprint density at radius 3 is 2.69 bits per heavy atom. The molecular formula is C11H11Br2NO2. The molecule has 0 saturated carbocycles. The van der Waals surface area contributed by atoms with Gasteiger partial charge in [-0.2, -0.15) is 0 Å². The lowest BCUT2D eigenvalue weighted by Gasteiger charge is -2.14. The van der Waals surface area contributed by atoms with E-state index in [1.165, 1.54) is 0 Å². The van der Waals surface area contributed by atoms with Crippen LogP contribution in [-0.4, -0.2) is 17.6 Å². The predicted molar refractivity (Wildman–Crippen MR) is 70.4 cm³/mol. The van der Waals surface area contributed by atoms with Gasteiger partial charge in [0.25, 0.3) is 0 Å². The monoisotopic (exact) mass is 347 g/mol. The van der Waals surface area contributed by atoms with Gasteiger partial charge in [-0.15, -0.1) is 6.58 Å². The molecule has 5 heteroatoms. The van der Waals surface area contributed by atoms with E-state index in [2.05, 4.69) is 43.8 Å². The molecule has 86 valence electrons. The van der Waals surface area contributed by atoms with Gasteiger partial charge in [0.2, 0.25) is 0 Å². The van der Waals surface area contributed by atoms with Crippen molar-refractivity contribution in [3.05, 3.63) is 45.4 Å². The second-order valence-corrected chi connectivity index (χ2v) is 4.85. The molecule has 0 bridgehead atoms. The molecule has 16 heavy (non-hydrogen) atoms. The lowest BCUT2D eigenvalue weighted by molar-refractivity contribution is -0.139. The molecule has 0 heterocycles. The number of hydrogen-bond donors (Lipinski definition) is 2. The lowest BCUT2D eigenvalue weighted by atomic mass is 10.1. The standard InChI is InChI=1S/C11H11Br2NO2/c1-2-5-14-10(11(15)16)7-3-4-8(12)9(13)6-7/h2-4,6,10,14H,1,5H2,(H,15,16). The Balaban J connectivity index is 2.96. The van der Waals surface area contributed by atoms with Gasteiger partial charge in [-0.25, -0.2) is 0 Å². The number of carboxylic acids is 1. The van der Waals surface area contributed by atoms with Crippen molar-refractivity contribution >= 4 is 37.8 Å². The molecule has 2 N–H and O–H groups in total. The van der Waals surface area contributed by atoms with Crippen molar-refractivity contribution in [1.82, 2.24) is 5.32 Å². The molecule has 0 aliphatic rings. The van der Waals surface area contributed by atoms with Gasteiger partial charge < -0.3 is 5.11 Å². The van der Waals surface area contributed by atoms with Crippen LogP contribution >= 0.6 is 31.9 Å². The van der Waals surface area contributed by atoms with Crippen LogP contribution in [0.5, 0.6) is 0 Å². The third-order valence-corrected chi connectivity index (χ3v) is 3.87. The maximum absolute atomic E-state index is 11.1. The van der Waals surface area contributed by atoms with Crippen LogP contribution in [0.2, 0.25) is 0 Å². The Morgan fingerprint density at radius 1 is 1.50 bits per heavy atom. The van der Waals surface area contributed by atoms with Gasteiger partial charge in [0.05, 0.1) is 0 Å². The minimum absolute atomic E-state index is 0.449. The molecule has 1 unspecified atom stereocenters. The number of aliphatic carboxylic acids is 1. The fraction of sp³-hybridized carbons (Fsp3) is 0.182. The van der Waals surface area contributed by atoms with Crippen molar-refractivity contribution in [2.45, 2.75) is 6.04 Å². The summed E-state index contributed by atoms with van der Waals surface area (Å²) >= 11 is 6.68. The first-order valence-electron chi connectivity index (χ1n) is 4.58. The fourth-order valence-electron chi connectivity index (χ4n) is 1.24. The summed E-state index contributed by atoms with van der Waals surface area (Å²) in [5.74, 6) is -0.906. The minimum Gasteiger partial charge on any atom is -0.480 e. The third kappa shape index (κ3) is 3.43. The van der Waals surface area contributed by atoms with Crippen LogP contribution in [0.15, 0.2) is 39.8 Å². The first kappa shape index (κ1) is 13.4. The largest absolute Gasteiger partial charge is 0.480 e. The molecule has 0 fully saturated rings. The molecule has 1 rings (SSSR count). The normalized spacial score (nSPS) is 12.1. The summed E-state index contributed by atoms with van der Waals surface area (Å²) in [7, 11) is 0. The zero-order chi connectivity index (χ0) is 12.1. The van der Waals surface area contributed by atoms with Gasteiger partial charge >= 0.3 is 5.97 Å². The molecule has 1 aromatic carbocycles. The number of nitrogens with one attached hydrogen (secondary N) is 1. The Kier molecular flexibility index (Phi) is 5.18. The molecule has 0 aliphatic heterocycles. The van der Waals surface area contributed by atoms with Crippen LogP contribution in [0.25, 0.3) is 0 Å². The van der Waals surface area contributed by atoms with Gasteiger partial charge in [0, 0.05) is 15.5 Å². The number of carbonyl (C=O) groups is 1. The summed E-state index contributed by atoms with van der Waals surface area (Å²) < 4.78 is 1.72. The highest BCUT2D eigenvalue weighted by Gasteiger charge is 2.18. The first-order valence-corrected chi connectivity index (χ1v) is 6.17. The highest BCUT2D eigenvalue weighted by atomic mass is 79.9. The van der Waals surface area contributed by atoms with E-state index in [1.807, 2.05) is 6.07 Å². The minimum atomic E-state index is -0.906. The van der Waals surface area contributed by atoms with Crippen LogP contribution < -0.4 is 5.32 Å². The van der Waals surface area contributed by atoms with E-state index in [9.17, 15) is 4.79 Å². The maximum Gasteiger partial charge on any atom is 0.325 e. The van der Waals surface area contributed by atoms with Gasteiger partial charge in [0.1, 0.15) is 6.04 Å². The van der Waals surface area contributed by atoms with Crippen molar-refractivity contribution in [3.63, 3.8) is 0 Å². The number of hydrogen-bond acceptors (Lipinski definition) is 2. The van der Waals surface area contributed by atoms with Gasteiger partial charge in [-0.3, -0.25) is 10.1 Å². The van der Waals surface area contributed by atoms with Crippen molar-refractivity contribution in [2.75, 3.05) is 6.54 Å². The molecule has 0 amide bonds. The van der Waals surface area contributed by atoms with Crippen LogP contribution in [0, 0.1) is 0 Å². The van der Waals surface area contributed by atoms with Gasteiger partial charge in [0.15, 0.2) is 0 Å². The predicted octanol–water partition coefficient (Wildman–Crippen LogP) is 3.11. The summed E-state index contributed by atoms with van der Waals surface area (Å²) in [4.78, 5) is 11.1. The van der Waals surface area contributed by atoms with Crippen molar-refractivity contribution < 1.29 is 9.90 Å². The number of rotatable bonds is 5. The highest BCUT2D eigenvalue weighted by molar-refractivity contribution is 9.13. The number of carboxylic acid groups (broad SMARTS) is 1. The smallest absolute Gasteiger partial charge is 0.325 e.